The van der Waals surface area contributed by atoms with Crippen LogP contribution in [0.4, 0.5) is 0 Å². The Morgan fingerprint density at radius 2 is 1.90 bits per heavy atom. The van der Waals surface area contributed by atoms with Gasteiger partial charge >= 0.3 is 0 Å². The number of benzene rings is 1. The Balaban J connectivity index is 0.00000480. The first-order chi connectivity index (χ1) is 14.6. The van der Waals surface area contributed by atoms with Gasteiger partial charge in [-0.3, -0.25) is 4.99 Å². The van der Waals surface area contributed by atoms with Crippen LogP contribution in [0.15, 0.2) is 23.2 Å². The van der Waals surface area contributed by atoms with Crippen LogP contribution < -0.4 is 14.8 Å². The van der Waals surface area contributed by atoms with E-state index < -0.39 is 0 Å². The third-order valence-electron chi connectivity index (χ3n) is 5.59. The van der Waals surface area contributed by atoms with Crippen molar-refractivity contribution in [2.24, 2.45) is 4.99 Å². The molecular weight excluding hydrogens is 505 g/mol. The molecule has 0 bridgehead atoms. The monoisotopic (exact) mass is 547 g/mol. The average Bonchev–Trinajstić information content (AvgIpc) is 2.97. The number of hydrogen-bond acceptors (Lipinski definition) is 5. The highest BCUT2D eigenvalue weighted by Crippen LogP contribution is 2.27. The van der Waals surface area contributed by atoms with Crippen molar-refractivity contribution in [2.45, 2.75) is 26.2 Å². The smallest absolute Gasteiger partial charge is 0.193 e. The molecule has 178 valence electrons. The molecule has 1 aliphatic heterocycles. The second-order valence-electron chi connectivity index (χ2n) is 7.95. The highest BCUT2D eigenvalue weighted by atomic mass is 127. The minimum Gasteiger partial charge on any atom is -0.493 e. The lowest BCUT2D eigenvalue weighted by atomic mass is 10.1. The molecule has 1 heterocycles. The van der Waals surface area contributed by atoms with Crippen LogP contribution in [0.3, 0.4) is 0 Å². The SMILES string of the molecule is CCNC(=NCCCN1CCCN(C)CC1)N(C)CCc1ccc(OC)c(OC)c1.I. The summed E-state index contributed by atoms with van der Waals surface area (Å²) in [6, 6.07) is 6.11. The number of ether oxygens (including phenoxy) is 2. The standard InChI is InChI=1S/C23H41N5O2.HI/c1-6-24-23(25-12-7-14-28-15-8-13-26(2)17-18-28)27(3)16-11-20-9-10-21(29-4)22(19-20)30-5;/h9-10,19H,6-8,11-18H2,1-5H3,(H,24,25);1H. The van der Waals surface area contributed by atoms with E-state index in [9.17, 15) is 0 Å². The number of halogens is 1. The molecule has 0 spiro atoms. The Morgan fingerprint density at radius 3 is 2.61 bits per heavy atom. The van der Waals surface area contributed by atoms with Crippen molar-refractivity contribution in [3.8, 4) is 11.5 Å². The van der Waals surface area contributed by atoms with Crippen LogP contribution in [0.2, 0.25) is 0 Å². The van der Waals surface area contributed by atoms with Crippen LogP contribution in [0.25, 0.3) is 0 Å². The molecule has 0 aromatic heterocycles. The van der Waals surface area contributed by atoms with Gasteiger partial charge in [-0.25, -0.2) is 0 Å². The maximum absolute atomic E-state index is 5.42. The third-order valence-corrected chi connectivity index (χ3v) is 5.59. The molecule has 0 amide bonds. The van der Waals surface area contributed by atoms with Gasteiger partial charge in [0.05, 0.1) is 14.2 Å². The molecule has 0 atom stereocenters. The van der Waals surface area contributed by atoms with Gasteiger partial charge in [-0.05, 0) is 70.6 Å². The second-order valence-corrected chi connectivity index (χ2v) is 7.95. The van der Waals surface area contributed by atoms with Crippen LogP contribution in [-0.4, -0.2) is 101 Å². The second kappa shape index (κ2) is 15.5. The lowest BCUT2D eigenvalue weighted by Crippen LogP contribution is -2.40. The lowest BCUT2D eigenvalue weighted by Gasteiger charge is -2.23. The number of hydrogen-bond donors (Lipinski definition) is 1. The summed E-state index contributed by atoms with van der Waals surface area (Å²) in [6.45, 7) is 10.6. The van der Waals surface area contributed by atoms with Gasteiger partial charge in [0.15, 0.2) is 17.5 Å². The molecule has 0 saturated carbocycles. The van der Waals surface area contributed by atoms with Gasteiger partial charge in [-0.1, -0.05) is 6.07 Å². The third kappa shape index (κ3) is 9.82. The summed E-state index contributed by atoms with van der Waals surface area (Å²) < 4.78 is 10.7. The fraction of sp³-hybridized carbons (Fsp3) is 0.696. The zero-order chi connectivity index (χ0) is 21.8. The molecule has 0 unspecified atom stereocenters. The van der Waals surface area contributed by atoms with Gasteiger partial charge in [-0.2, -0.15) is 0 Å². The normalized spacial score (nSPS) is 15.7. The van der Waals surface area contributed by atoms with Crippen molar-refractivity contribution < 1.29 is 9.47 Å². The average molecular weight is 548 g/mol. The molecule has 0 radical (unpaired) electrons. The number of guanidine groups is 1. The van der Waals surface area contributed by atoms with Crippen molar-refractivity contribution in [3.63, 3.8) is 0 Å². The highest BCUT2D eigenvalue weighted by molar-refractivity contribution is 14.0. The van der Waals surface area contributed by atoms with E-state index in [1.807, 2.05) is 6.07 Å². The molecular formula is C23H42IN5O2. The van der Waals surface area contributed by atoms with Crippen LogP contribution in [0, 0.1) is 0 Å². The number of aliphatic imine (C=N–C) groups is 1. The lowest BCUT2D eigenvalue weighted by molar-refractivity contribution is 0.275. The number of methoxy groups -OCH3 is 2. The van der Waals surface area contributed by atoms with E-state index >= 15 is 0 Å². The summed E-state index contributed by atoms with van der Waals surface area (Å²) in [5, 5.41) is 3.42. The van der Waals surface area contributed by atoms with Gasteiger partial charge in [0.1, 0.15) is 0 Å². The van der Waals surface area contributed by atoms with Gasteiger partial charge in [0, 0.05) is 39.8 Å². The van der Waals surface area contributed by atoms with Crippen LogP contribution in [-0.2, 0) is 6.42 Å². The minimum atomic E-state index is 0. The number of nitrogens with zero attached hydrogens (tertiary/aromatic N) is 4. The largest absolute Gasteiger partial charge is 0.493 e. The fourth-order valence-corrected chi connectivity index (χ4v) is 3.71. The van der Waals surface area contributed by atoms with Crippen molar-refractivity contribution in [1.29, 1.82) is 0 Å². The molecule has 31 heavy (non-hydrogen) atoms. The van der Waals surface area contributed by atoms with E-state index in [0.717, 1.165) is 56.5 Å². The topological polar surface area (TPSA) is 52.6 Å². The molecule has 1 aromatic rings. The zero-order valence-corrected chi connectivity index (χ0v) is 22.4. The molecule has 8 heteroatoms. The predicted molar refractivity (Wildman–Crippen MR) is 140 cm³/mol. The minimum absolute atomic E-state index is 0. The molecule has 1 aliphatic rings. The summed E-state index contributed by atoms with van der Waals surface area (Å²) in [5.74, 6) is 2.52. The molecule has 7 nitrogen and oxygen atoms in total. The Labute approximate surface area is 206 Å². The Hall–Kier alpha value is -1.26. The quantitative estimate of drug-likeness (QED) is 0.211. The Bertz CT molecular complexity index is 659. The number of rotatable bonds is 10. The van der Waals surface area contributed by atoms with Crippen molar-refractivity contribution in [1.82, 2.24) is 20.0 Å². The molecule has 1 saturated heterocycles. The molecule has 1 fully saturated rings. The van der Waals surface area contributed by atoms with Gasteiger partial charge in [0.2, 0.25) is 0 Å². The first kappa shape index (κ1) is 27.8. The Morgan fingerprint density at radius 1 is 1.13 bits per heavy atom. The summed E-state index contributed by atoms with van der Waals surface area (Å²) in [7, 11) is 7.66. The van der Waals surface area contributed by atoms with Gasteiger partial charge < -0.3 is 29.5 Å². The van der Waals surface area contributed by atoms with Crippen LogP contribution in [0.5, 0.6) is 11.5 Å². The first-order valence-electron chi connectivity index (χ1n) is 11.2. The highest BCUT2D eigenvalue weighted by Gasteiger charge is 2.12. The number of likely N-dealkylation sites (N-methyl/N-ethyl adjacent to an activating group) is 2. The van der Waals surface area contributed by atoms with Crippen molar-refractivity contribution in [3.05, 3.63) is 23.8 Å². The molecule has 1 N–H and O–H groups in total. The number of nitrogens with one attached hydrogen (secondary N) is 1. The molecule has 1 aromatic carbocycles. The Kier molecular flexibility index (Phi) is 13.9. The maximum Gasteiger partial charge on any atom is 0.193 e. The summed E-state index contributed by atoms with van der Waals surface area (Å²) in [4.78, 5) is 12.1. The van der Waals surface area contributed by atoms with E-state index in [1.165, 1.54) is 38.2 Å². The summed E-state index contributed by atoms with van der Waals surface area (Å²) in [6.07, 6.45) is 3.28. The summed E-state index contributed by atoms with van der Waals surface area (Å²) >= 11 is 0. The first-order valence-corrected chi connectivity index (χ1v) is 11.2. The molecule has 2 rings (SSSR count). The van der Waals surface area contributed by atoms with E-state index in [-0.39, 0.29) is 24.0 Å². The van der Waals surface area contributed by atoms with Crippen molar-refractivity contribution >= 4 is 29.9 Å². The molecule has 0 aliphatic carbocycles. The maximum atomic E-state index is 5.42. The van der Waals surface area contributed by atoms with Crippen LogP contribution in [0.1, 0.15) is 25.3 Å². The van der Waals surface area contributed by atoms with E-state index in [2.05, 4.69) is 53.2 Å². The van der Waals surface area contributed by atoms with Gasteiger partial charge in [0.25, 0.3) is 0 Å². The van der Waals surface area contributed by atoms with E-state index in [4.69, 9.17) is 14.5 Å². The predicted octanol–water partition coefficient (Wildman–Crippen LogP) is 2.79. The van der Waals surface area contributed by atoms with E-state index in [1.54, 1.807) is 14.2 Å². The zero-order valence-electron chi connectivity index (χ0n) is 20.0. The fourth-order valence-electron chi connectivity index (χ4n) is 3.71. The van der Waals surface area contributed by atoms with Crippen LogP contribution >= 0.6 is 24.0 Å². The van der Waals surface area contributed by atoms with E-state index in [0.29, 0.717) is 0 Å². The summed E-state index contributed by atoms with van der Waals surface area (Å²) in [5.41, 5.74) is 1.22. The van der Waals surface area contributed by atoms with Crippen molar-refractivity contribution in [2.75, 3.05) is 80.7 Å². The van der Waals surface area contributed by atoms with Gasteiger partial charge in [-0.15, -0.1) is 24.0 Å².